The van der Waals surface area contributed by atoms with Crippen molar-refractivity contribution in [1.29, 1.82) is 0 Å². The van der Waals surface area contributed by atoms with Crippen molar-refractivity contribution in [1.82, 2.24) is 0 Å². The lowest BCUT2D eigenvalue weighted by molar-refractivity contribution is -0.274. The topological polar surface area (TPSA) is 12.5 Å². The highest BCUT2D eigenvalue weighted by atomic mass is 19.4. The van der Waals surface area contributed by atoms with Gasteiger partial charge in [0.25, 0.3) is 0 Å². The van der Waals surface area contributed by atoms with E-state index in [1.165, 1.54) is 6.07 Å². The summed E-state index contributed by atoms with van der Waals surface area (Å²) in [6.07, 6.45) is -4.80. The van der Waals surface area contributed by atoms with E-state index in [1.54, 1.807) is 18.9 Å². The molecule has 0 amide bonds. The number of halogens is 4. The van der Waals surface area contributed by atoms with Gasteiger partial charge in [-0.05, 0) is 19.1 Å². The standard InChI is InChI=1S/C10H11F4NO/c1-3-15(2)9-5-4-7(6-8(9)11)16-10(12,13)14/h4-6H,3H2,1-2H3. The van der Waals surface area contributed by atoms with Gasteiger partial charge in [0.1, 0.15) is 11.6 Å². The molecule has 0 bridgehead atoms. The lowest BCUT2D eigenvalue weighted by atomic mass is 10.2. The fourth-order valence-electron chi connectivity index (χ4n) is 1.16. The first-order valence-electron chi connectivity index (χ1n) is 4.60. The van der Waals surface area contributed by atoms with Gasteiger partial charge in [0.15, 0.2) is 0 Å². The Kier molecular flexibility index (Phi) is 3.62. The summed E-state index contributed by atoms with van der Waals surface area (Å²) in [5.41, 5.74) is 0.233. The average molecular weight is 237 g/mol. The van der Waals surface area contributed by atoms with Crippen LogP contribution in [0.4, 0.5) is 23.2 Å². The Morgan fingerprint density at radius 2 is 1.94 bits per heavy atom. The molecule has 0 radical (unpaired) electrons. The Morgan fingerprint density at radius 1 is 1.31 bits per heavy atom. The van der Waals surface area contributed by atoms with Gasteiger partial charge in [0, 0.05) is 19.7 Å². The summed E-state index contributed by atoms with van der Waals surface area (Å²) in [6.45, 7) is 2.36. The Morgan fingerprint density at radius 3 is 2.38 bits per heavy atom. The minimum Gasteiger partial charge on any atom is -0.406 e. The van der Waals surface area contributed by atoms with E-state index in [2.05, 4.69) is 4.74 Å². The Hall–Kier alpha value is -1.46. The Labute approximate surface area is 90.4 Å². The maximum absolute atomic E-state index is 13.4. The molecule has 0 fully saturated rings. The average Bonchev–Trinajstić information content (AvgIpc) is 2.14. The van der Waals surface area contributed by atoms with Crippen molar-refractivity contribution in [3.05, 3.63) is 24.0 Å². The van der Waals surface area contributed by atoms with Crippen molar-refractivity contribution in [2.75, 3.05) is 18.5 Å². The van der Waals surface area contributed by atoms with Crippen LogP contribution in [-0.2, 0) is 0 Å². The van der Waals surface area contributed by atoms with E-state index in [-0.39, 0.29) is 5.69 Å². The molecule has 1 aromatic carbocycles. The molecule has 0 aliphatic heterocycles. The number of hydrogen-bond donors (Lipinski definition) is 0. The van der Waals surface area contributed by atoms with Crippen LogP contribution < -0.4 is 9.64 Å². The van der Waals surface area contributed by atoms with E-state index in [9.17, 15) is 17.6 Å². The van der Waals surface area contributed by atoms with Crippen molar-refractivity contribution in [2.24, 2.45) is 0 Å². The maximum Gasteiger partial charge on any atom is 0.573 e. The van der Waals surface area contributed by atoms with Crippen molar-refractivity contribution >= 4 is 5.69 Å². The fourth-order valence-corrected chi connectivity index (χ4v) is 1.16. The van der Waals surface area contributed by atoms with Gasteiger partial charge in [-0.25, -0.2) is 4.39 Å². The molecule has 0 heterocycles. The zero-order valence-corrected chi connectivity index (χ0v) is 8.81. The molecule has 6 heteroatoms. The first-order chi connectivity index (χ1) is 7.33. The summed E-state index contributed by atoms with van der Waals surface area (Å²) < 4.78 is 52.5. The van der Waals surface area contributed by atoms with Crippen LogP contribution in [0.1, 0.15) is 6.92 Å². The lowest BCUT2D eigenvalue weighted by Gasteiger charge is -2.18. The summed E-state index contributed by atoms with van der Waals surface area (Å²) in [6, 6.07) is 3.05. The molecule has 16 heavy (non-hydrogen) atoms. The van der Waals surface area contributed by atoms with Crippen molar-refractivity contribution in [3.63, 3.8) is 0 Å². The molecular formula is C10H11F4NO. The Bertz CT molecular complexity index is 364. The minimum absolute atomic E-state index is 0.233. The molecule has 0 spiro atoms. The molecule has 0 saturated heterocycles. The first-order valence-corrected chi connectivity index (χ1v) is 4.60. The summed E-state index contributed by atoms with van der Waals surface area (Å²) in [7, 11) is 1.64. The van der Waals surface area contributed by atoms with Crippen molar-refractivity contribution in [3.8, 4) is 5.75 Å². The quantitative estimate of drug-likeness (QED) is 0.748. The fraction of sp³-hybridized carbons (Fsp3) is 0.400. The molecule has 0 atom stereocenters. The lowest BCUT2D eigenvalue weighted by Crippen LogP contribution is -2.19. The Balaban J connectivity index is 2.91. The zero-order valence-electron chi connectivity index (χ0n) is 8.81. The van der Waals surface area contributed by atoms with Crippen LogP contribution in [0.25, 0.3) is 0 Å². The number of nitrogens with zero attached hydrogens (tertiary/aromatic N) is 1. The predicted molar refractivity (Wildman–Crippen MR) is 52.0 cm³/mol. The van der Waals surface area contributed by atoms with Crippen LogP contribution in [-0.4, -0.2) is 20.0 Å². The second kappa shape index (κ2) is 4.59. The van der Waals surface area contributed by atoms with E-state index in [0.717, 1.165) is 12.1 Å². The van der Waals surface area contributed by atoms with Crippen molar-refractivity contribution < 1.29 is 22.3 Å². The van der Waals surface area contributed by atoms with E-state index in [4.69, 9.17) is 0 Å². The van der Waals surface area contributed by atoms with Crippen molar-refractivity contribution in [2.45, 2.75) is 13.3 Å². The highest BCUT2D eigenvalue weighted by Crippen LogP contribution is 2.27. The van der Waals surface area contributed by atoms with Gasteiger partial charge < -0.3 is 9.64 Å². The van der Waals surface area contributed by atoms with Crippen LogP contribution in [0, 0.1) is 5.82 Å². The summed E-state index contributed by atoms with van der Waals surface area (Å²) in [5.74, 6) is -1.30. The molecule has 1 aromatic rings. The largest absolute Gasteiger partial charge is 0.573 e. The molecule has 2 nitrogen and oxygen atoms in total. The summed E-state index contributed by atoms with van der Waals surface area (Å²) in [4.78, 5) is 1.58. The molecule has 1 rings (SSSR count). The van der Waals surface area contributed by atoms with Crippen LogP contribution in [0.2, 0.25) is 0 Å². The van der Waals surface area contributed by atoms with Gasteiger partial charge in [0.05, 0.1) is 5.69 Å². The van der Waals surface area contributed by atoms with E-state index < -0.39 is 17.9 Å². The third kappa shape index (κ3) is 3.29. The van der Waals surface area contributed by atoms with Gasteiger partial charge >= 0.3 is 6.36 Å². The van der Waals surface area contributed by atoms with Gasteiger partial charge in [-0.2, -0.15) is 0 Å². The third-order valence-electron chi connectivity index (χ3n) is 2.04. The minimum atomic E-state index is -4.80. The highest BCUT2D eigenvalue weighted by molar-refractivity contribution is 5.49. The highest BCUT2D eigenvalue weighted by Gasteiger charge is 2.31. The van der Waals surface area contributed by atoms with Gasteiger partial charge in [0.2, 0.25) is 0 Å². The summed E-state index contributed by atoms with van der Waals surface area (Å²) in [5, 5.41) is 0. The van der Waals surface area contributed by atoms with E-state index in [1.807, 2.05) is 0 Å². The summed E-state index contributed by atoms with van der Waals surface area (Å²) >= 11 is 0. The number of hydrogen-bond acceptors (Lipinski definition) is 2. The number of rotatable bonds is 3. The second-order valence-electron chi connectivity index (χ2n) is 3.18. The van der Waals surface area contributed by atoms with Gasteiger partial charge in [-0.15, -0.1) is 13.2 Å². The SMILES string of the molecule is CCN(C)c1ccc(OC(F)(F)F)cc1F. The number of ether oxygens (including phenoxy) is 1. The molecule has 0 aliphatic carbocycles. The molecule has 0 unspecified atom stereocenters. The normalized spacial score (nSPS) is 11.4. The molecule has 0 aromatic heterocycles. The number of anilines is 1. The van der Waals surface area contributed by atoms with Gasteiger partial charge in [-0.3, -0.25) is 0 Å². The van der Waals surface area contributed by atoms with Gasteiger partial charge in [-0.1, -0.05) is 0 Å². The third-order valence-corrected chi connectivity index (χ3v) is 2.04. The molecule has 0 N–H and O–H groups in total. The first kappa shape index (κ1) is 12.6. The monoisotopic (exact) mass is 237 g/mol. The van der Waals surface area contributed by atoms with E-state index >= 15 is 0 Å². The molecular weight excluding hydrogens is 226 g/mol. The maximum atomic E-state index is 13.4. The molecule has 0 aliphatic rings. The number of benzene rings is 1. The zero-order chi connectivity index (χ0) is 12.3. The predicted octanol–water partition coefficient (Wildman–Crippen LogP) is 3.18. The van der Waals surface area contributed by atoms with Crippen LogP contribution in [0.5, 0.6) is 5.75 Å². The number of alkyl halides is 3. The van der Waals surface area contributed by atoms with Crippen LogP contribution in [0.15, 0.2) is 18.2 Å². The van der Waals surface area contributed by atoms with Crippen LogP contribution >= 0.6 is 0 Å². The van der Waals surface area contributed by atoms with Crippen LogP contribution in [0.3, 0.4) is 0 Å². The molecule has 0 saturated carbocycles. The smallest absolute Gasteiger partial charge is 0.406 e. The molecule has 90 valence electrons. The second-order valence-corrected chi connectivity index (χ2v) is 3.18. The van der Waals surface area contributed by atoms with E-state index in [0.29, 0.717) is 6.54 Å².